The van der Waals surface area contributed by atoms with E-state index >= 15 is 0 Å². The first-order chi connectivity index (χ1) is 4.33. The number of nitrogens with zero attached hydrogens (tertiary/aromatic N) is 2. The lowest BCUT2D eigenvalue weighted by Crippen LogP contribution is -2.13. The summed E-state index contributed by atoms with van der Waals surface area (Å²) in [6.07, 6.45) is 5.21. The Hall–Kier alpha value is -1.12. The molecule has 0 aromatic rings. The van der Waals surface area contributed by atoms with Gasteiger partial charge < -0.3 is 4.90 Å². The first-order valence-electron chi connectivity index (χ1n) is 2.78. The van der Waals surface area contributed by atoms with Crippen molar-refractivity contribution in [3.05, 3.63) is 12.3 Å². The van der Waals surface area contributed by atoms with Gasteiger partial charge in [0.05, 0.1) is 6.34 Å². The number of allylic oxidation sites excluding steroid dienone is 1. The van der Waals surface area contributed by atoms with Gasteiger partial charge in [-0.1, -0.05) is 6.08 Å². The van der Waals surface area contributed by atoms with E-state index in [2.05, 4.69) is 4.99 Å². The molecule has 0 saturated carbocycles. The predicted octanol–water partition coefficient (Wildman–Crippen LogP) is 0.391. The van der Waals surface area contributed by atoms with Crippen LogP contribution in [-0.2, 0) is 4.79 Å². The van der Waals surface area contributed by atoms with Crippen LogP contribution in [0.4, 0.5) is 0 Å². The van der Waals surface area contributed by atoms with Crippen LogP contribution in [0.15, 0.2) is 17.3 Å². The molecule has 0 bridgehead atoms. The van der Waals surface area contributed by atoms with E-state index in [-0.39, 0.29) is 5.91 Å². The maximum atomic E-state index is 10.5. The molecule has 9 heavy (non-hydrogen) atoms. The zero-order valence-electron chi connectivity index (χ0n) is 5.24. The first-order valence-corrected chi connectivity index (χ1v) is 2.78. The van der Waals surface area contributed by atoms with Crippen LogP contribution in [0.1, 0.15) is 6.92 Å². The molecule has 0 aliphatic carbocycles. The number of hydrogen-bond donors (Lipinski definition) is 0. The number of carbonyl (C=O) groups excluding carboxylic acids is 1. The number of rotatable bonds is 1. The molecule has 3 heteroatoms. The van der Waals surface area contributed by atoms with E-state index in [0.717, 1.165) is 0 Å². The Kier molecular flexibility index (Phi) is 1.63. The lowest BCUT2D eigenvalue weighted by atomic mass is 10.6. The molecule has 1 aliphatic rings. The molecule has 1 heterocycles. The van der Waals surface area contributed by atoms with Crippen LogP contribution in [0.5, 0.6) is 0 Å². The Labute approximate surface area is 53.7 Å². The van der Waals surface area contributed by atoms with Crippen LogP contribution < -0.4 is 0 Å². The van der Waals surface area contributed by atoms with Gasteiger partial charge in [-0.05, 0) is 6.92 Å². The van der Waals surface area contributed by atoms with Crippen LogP contribution in [-0.4, -0.2) is 23.7 Å². The molecule has 0 radical (unpaired) electrons. The Bertz CT molecular complexity index is 172. The third kappa shape index (κ3) is 1.38. The monoisotopic (exact) mass is 124 g/mol. The Morgan fingerprint density at radius 3 is 3.11 bits per heavy atom. The highest BCUT2D eigenvalue weighted by atomic mass is 16.1. The highest BCUT2D eigenvalue weighted by Gasteiger charge is 2.08. The zero-order valence-corrected chi connectivity index (χ0v) is 5.24. The van der Waals surface area contributed by atoms with Gasteiger partial charge >= 0.3 is 0 Å². The average Bonchev–Trinajstić information content (AvgIpc) is 2.17. The SMILES string of the molecule is C/C=C/N1C=NC(=O)C1. The molecule has 1 amide bonds. The lowest BCUT2D eigenvalue weighted by molar-refractivity contribution is -0.116. The molecule has 3 nitrogen and oxygen atoms in total. The quantitative estimate of drug-likeness (QED) is 0.506. The minimum absolute atomic E-state index is 0.0758. The van der Waals surface area contributed by atoms with Gasteiger partial charge in [-0.2, -0.15) is 0 Å². The molecule has 0 N–H and O–H groups in total. The smallest absolute Gasteiger partial charge is 0.267 e. The van der Waals surface area contributed by atoms with E-state index in [1.165, 1.54) is 6.34 Å². The van der Waals surface area contributed by atoms with Crippen LogP contribution in [0.2, 0.25) is 0 Å². The predicted molar refractivity (Wildman–Crippen MR) is 35.0 cm³/mol. The second-order valence-corrected chi connectivity index (χ2v) is 1.79. The summed E-state index contributed by atoms with van der Waals surface area (Å²) >= 11 is 0. The summed E-state index contributed by atoms with van der Waals surface area (Å²) in [5.74, 6) is -0.0758. The number of carbonyl (C=O) groups is 1. The number of amides is 1. The molecular formula is C6H8N2O. The van der Waals surface area contributed by atoms with Crippen molar-refractivity contribution in [3.63, 3.8) is 0 Å². The summed E-state index contributed by atoms with van der Waals surface area (Å²) in [6, 6.07) is 0. The summed E-state index contributed by atoms with van der Waals surface area (Å²) in [5.41, 5.74) is 0. The molecule has 0 aromatic carbocycles. The molecular weight excluding hydrogens is 116 g/mol. The molecule has 0 fully saturated rings. The van der Waals surface area contributed by atoms with Crippen LogP contribution in [0.3, 0.4) is 0 Å². The van der Waals surface area contributed by atoms with Gasteiger partial charge in [0.25, 0.3) is 5.91 Å². The van der Waals surface area contributed by atoms with Crippen molar-refractivity contribution in [3.8, 4) is 0 Å². The minimum atomic E-state index is -0.0758. The Balaban J connectivity index is 2.50. The number of hydrogen-bond acceptors (Lipinski definition) is 2. The van der Waals surface area contributed by atoms with Gasteiger partial charge in [0.1, 0.15) is 6.54 Å². The maximum absolute atomic E-state index is 10.5. The molecule has 1 rings (SSSR count). The van der Waals surface area contributed by atoms with Crippen molar-refractivity contribution in [2.24, 2.45) is 4.99 Å². The fourth-order valence-electron chi connectivity index (χ4n) is 0.659. The van der Waals surface area contributed by atoms with Gasteiger partial charge in [0, 0.05) is 6.20 Å². The molecule has 0 aromatic heterocycles. The average molecular weight is 124 g/mol. The third-order valence-corrected chi connectivity index (χ3v) is 1.01. The molecule has 0 unspecified atom stereocenters. The molecule has 0 saturated heterocycles. The normalized spacial score (nSPS) is 18.3. The second kappa shape index (κ2) is 2.44. The van der Waals surface area contributed by atoms with Crippen molar-refractivity contribution in [1.29, 1.82) is 0 Å². The van der Waals surface area contributed by atoms with E-state index in [4.69, 9.17) is 0 Å². The second-order valence-electron chi connectivity index (χ2n) is 1.79. The van der Waals surface area contributed by atoms with E-state index < -0.39 is 0 Å². The summed E-state index contributed by atoms with van der Waals surface area (Å²) in [6.45, 7) is 2.29. The standard InChI is InChI=1S/C6H8N2O/c1-2-3-8-4-6(9)7-5-8/h2-3,5H,4H2,1H3/b3-2+. The Morgan fingerprint density at radius 1 is 1.89 bits per heavy atom. The van der Waals surface area contributed by atoms with Gasteiger partial charge in [0.2, 0.25) is 0 Å². The molecule has 48 valence electrons. The summed E-state index contributed by atoms with van der Waals surface area (Å²) < 4.78 is 0. The van der Waals surface area contributed by atoms with Gasteiger partial charge in [0.15, 0.2) is 0 Å². The van der Waals surface area contributed by atoms with Crippen molar-refractivity contribution in [2.75, 3.05) is 6.54 Å². The fourth-order valence-corrected chi connectivity index (χ4v) is 0.659. The van der Waals surface area contributed by atoms with Crippen molar-refractivity contribution in [1.82, 2.24) is 4.90 Å². The largest absolute Gasteiger partial charge is 0.330 e. The molecule has 1 aliphatic heterocycles. The highest BCUT2D eigenvalue weighted by molar-refractivity contribution is 5.92. The van der Waals surface area contributed by atoms with E-state index in [1.54, 1.807) is 4.90 Å². The lowest BCUT2D eigenvalue weighted by Gasteiger charge is -2.02. The number of aliphatic imine (C=N–C) groups is 1. The van der Waals surface area contributed by atoms with Gasteiger partial charge in [-0.15, -0.1) is 0 Å². The zero-order chi connectivity index (χ0) is 6.69. The van der Waals surface area contributed by atoms with Gasteiger partial charge in [-0.25, -0.2) is 4.99 Å². The molecule has 0 spiro atoms. The van der Waals surface area contributed by atoms with E-state index in [0.29, 0.717) is 6.54 Å². The summed E-state index contributed by atoms with van der Waals surface area (Å²) in [5, 5.41) is 0. The highest BCUT2D eigenvalue weighted by Crippen LogP contribution is 1.94. The maximum Gasteiger partial charge on any atom is 0.267 e. The van der Waals surface area contributed by atoms with E-state index in [9.17, 15) is 4.79 Å². The fraction of sp³-hybridized carbons (Fsp3) is 0.333. The minimum Gasteiger partial charge on any atom is -0.330 e. The molecule has 0 atom stereocenters. The van der Waals surface area contributed by atoms with Crippen molar-refractivity contribution >= 4 is 12.2 Å². The van der Waals surface area contributed by atoms with Gasteiger partial charge in [-0.3, -0.25) is 4.79 Å². The topological polar surface area (TPSA) is 32.7 Å². The summed E-state index contributed by atoms with van der Waals surface area (Å²) in [4.78, 5) is 15.7. The van der Waals surface area contributed by atoms with Crippen LogP contribution in [0, 0.1) is 0 Å². The van der Waals surface area contributed by atoms with Crippen molar-refractivity contribution < 1.29 is 4.79 Å². The van der Waals surface area contributed by atoms with Crippen LogP contribution in [0.25, 0.3) is 0 Å². The first kappa shape index (κ1) is 6.01. The van der Waals surface area contributed by atoms with Crippen molar-refractivity contribution in [2.45, 2.75) is 6.92 Å². The third-order valence-electron chi connectivity index (χ3n) is 1.01. The van der Waals surface area contributed by atoms with E-state index in [1.807, 2.05) is 19.2 Å². The van der Waals surface area contributed by atoms with Crippen LogP contribution >= 0.6 is 0 Å². The Morgan fingerprint density at radius 2 is 2.67 bits per heavy atom. The summed E-state index contributed by atoms with van der Waals surface area (Å²) in [7, 11) is 0.